The zero-order chi connectivity index (χ0) is 13.2. The summed E-state index contributed by atoms with van der Waals surface area (Å²) < 4.78 is 36.6. The second-order valence-corrected chi connectivity index (χ2v) is 5.00. The standard InChI is InChI=1S/C11H18F3N3O/c12-11(13,14)8-16-1-3-17(4-2-16)10(18)5-9-6-15-7-9/h9,15H,1-8H2. The van der Waals surface area contributed by atoms with Crippen molar-refractivity contribution in [3.05, 3.63) is 0 Å². The minimum atomic E-state index is -4.15. The van der Waals surface area contributed by atoms with Gasteiger partial charge < -0.3 is 10.2 Å². The number of nitrogens with one attached hydrogen (secondary N) is 1. The Morgan fingerprint density at radius 2 is 1.78 bits per heavy atom. The lowest BCUT2D eigenvalue weighted by atomic mass is 9.98. The van der Waals surface area contributed by atoms with E-state index < -0.39 is 12.7 Å². The van der Waals surface area contributed by atoms with Crippen LogP contribution in [0.25, 0.3) is 0 Å². The van der Waals surface area contributed by atoms with E-state index in [4.69, 9.17) is 0 Å². The van der Waals surface area contributed by atoms with Crippen LogP contribution in [-0.4, -0.2) is 67.7 Å². The number of piperazine rings is 1. The average molecular weight is 265 g/mol. The molecule has 2 aliphatic rings. The van der Waals surface area contributed by atoms with Crippen LogP contribution in [-0.2, 0) is 4.79 Å². The SMILES string of the molecule is O=C(CC1CNC1)N1CCN(CC(F)(F)F)CC1. The number of hydrogen-bond donors (Lipinski definition) is 1. The maximum atomic E-state index is 12.2. The summed E-state index contributed by atoms with van der Waals surface area (Å²) in [5.41, 5.74) is 0. The van der Waals surface area contributed by atoms with Crippen molar-refractivity contribution in [1.29, 1.82) is 0 Å². The molecule has 4 nitrogen and oxygen atoms in total. The second kappa shape index (κ2) is 5.44. The Hall–Kier alpha value is -0.820. The third-order valence-corrected chi connectivity index (χ3v) is 3.46. The molecule has 2 rings (SSSR count). The molecule has 0 aliphatic carbocycles. The van der Waals surface area contributed by atoms with Gasteiger partial charge in [0, 0.05) is 32.6 Å². The number of carbonyl (C=O) groups is 1. The van der Waals surface area contributed by atoms with Gasteiger partial charge in [-0.05, 0) is 19.0 Å². The van der Waals surface area contributed by atoms with Crippen molar-refractivity contribution in [2.24, 2.45) is 5.92 Å². The zero-order valence-electron chi connectivity index (χ0n) is 10.2. The van der Waals surface area contributed by atoms with Crippen LogP contribution in [0.15, 0.2) is 0 Å². The molecule has 2 saturated heterocycles. The predicted molar refractivity (Wildman–Crippen MR) is 60.1 cm³/mol. The molecule has 0 spiro atoms. The fourth-order valence-electron chi connectivity index (χ4n) is 2.28. The molecule has 0 unspecified atom stereocenters. The van der Waals surface area contributed by atoms with Gasteiger partial charge in [0.2, 0.25) is 5.91 Å². The first-order valence-electron chi connectivity index (χ1n) is 6.21. The highest BCUT2D eigenvalue weighted by atomic mass is 19.4. The van der Waals surface area contributed by atoms with Crippen LogP contribution in [0.3, 0.4) is 0 Å². The van der Waals surface area contributed by atoms with Crippen LogP contribution in [0.4, 0.5) is 13.2 Å². The topological polar surface area (TPSA) is 35.6 Å². The third-order valence-electron chi connectivity index (χ3n) is 3.46. The number of alkyl halides is 3. The molecule has 0 aromatic heterocycles. The van der Waals surface area contributed by atoms with Crippen LogP contribution in [0.2, 0.25) is 0 Å². The molecular formula is C11H18F3N3O. The maximum absolute atomic E-state index is 12.2. The van der Waals surface area contributed by atoms with Gasteiger partial charge in [-0.1, -0.05) is 0 Å². The highest BCUT2D eigenvalue weighted by molar-refractivity contribution is 5.76. The van der Waals surface area contributed by atoms with E-state index in [9.17, 15) is 18.0 Å². The summed E-state index contributed by atoms with van der Waals surface area (Å²) in [6, 6.07) is 0. The summed E-state index contributed by atoms with van der Waals surface area (Å²) in [5.74, 6) is 0.485. The number of hydrogen-bond acceptors (Lipinski definition) is 3. The summed E-state index contributed by atoms with van der Waals surface area (Å²) in [4.78, 5) is 14.9. The molecule has 18 heavy (non-hydrogen) atoms. The van der Waals surface area contributed by atoms with E-state index >= 15 is 0 Å². The lowest BCUT2D eigenvalue weighted by molar-refractivity contribution is -0.152. The van der Waals surface area contributed by atoms with Crippen molar-refractivity contribution in [3.63, 3.8) is 0 Å². The molecule has 0 bridgehead atoms. The van der Waals surface area contributed by atoms with E-state index in [1.807, 2.05) is 0 Å². The largest absolute Gasteiger partial charge is 0.401 e. The van der Waals surface area contributed by atoms with Crippen LogP contribution < -0.4 is 5.32 Å². The Bertz CT molecular complexity index is 296. The van der Waals surface area contributed by atoms with E-state index in [2.05, 4.69) is 5.32 Å². The van der Waals surface area contributed by atoms with Crippen molar-refractivity contribution < 1.29 is 18.0 Å². The van der Waals surface area contributed by atoms with Gasteiger partial charge in [-0.2, -0.15) is 13.2 Å². The first kappa shape index (κ1) is 13.6. The minimum absolute atomic E-state index is 0.0770. The summed E-state index contributed by atoms with van der Waals surface area (Å²) in [5, 5.41) is 3.10. The maximum Gasteiger partial charge on any atom is 0.401 e. The Labute approximate surface area is 104 Å². The summed E-state index contributed by atoms with van der Waals surface area (Å²) in [6.45, 7) is 2.33. The zero-order valence-corrected chi connectivity index (χ0v) is 10.2. The molecule has 1 amide bonds. The van der Waals surface area contributed by atoms with E-state index in [0.717, 1.165) is 13.1 Å². The molecule has 7 heteroatoms. The molecule has 0 saturated carbocycles. The Morgan fingerprint density at radius 3 is 2.22 bits per heavy atom. The van der Waals surface area contributed by atoms with Crippen molar-refractivity contribution in [1.82, 2.24) is 15.1 Å². The first-order chi connectivity index (χ1) is 8.44. The van der Waals surface area contributed by atoms with Crippen molar-refractivity contribution >= 4 is 5.91 Å². The van der Waals surface area contributed by atoms with Gasteiger partial charge in [0.15, 0.2) is 0 Å². The number of nitrogens with zero attached hydrogens (tertiary/aromatic N) is 2. The lowest BCUT2D eigenvalue weighted by Gasteiger charge is -2.36. The minimum Gasteiger partial charge on any atom is -0.340 e. The molecule has 0 atom stereocenters. The van der Waals surface area contributed by atoms with E-state index in [0.29, 0.717) is 38.5 Å². The van der Waals surface area contributed by atoms with E-state index in [1.165, 1.54) is 4.90 Å². The molecular weight excluding hydrogens is 247 g/mol. The van der Waals surface area contributed by atoms with Gasteiger partial charge in [-0.15, -0.1) is 0 Å². The van der Waals surface area contributed by atoms with E-state index in [-0.39, 0.29) is 5.91 Å². The van der Waals surface area contributed by atoms with Gasteiger partial charge >= 0.3 is 6.18 Å². The lowest BCUT2D eigenvalue weighted by Crippen LogP contribution is -2.52. The number of rotatable bonds is 3. The van der Waals surface area contributed by atoms with Crippen LogP contribution in [0.1, 0.15) is 6.42 Å². The van der Waals surface area contributed by atoms with Crippen LogP contribution in [0.5, 0.6) is 0 Å². The summed E-state index contributed by atoms with van der Waals surface area (Å²) >= 11 is 0. The van der Waals surface area contributed by atoms with Gasteiger partial charge in [0.1, 0.15) is 0 Å². The molecule has 2 fully saturated rings. The van der Waals surface area contributed by atoms with Gasteiger partial charge in [0.25, 0.3) is 0 Å². The van der Waals surface area contributed by atoms with Gasteiger partial charge in [0.05, 0.1) is 6.54 Å². The predicted octanol–water partition coefficient (Wildman–Crippen LogP) is 0.302. The smallest absolute Gasteiger partial charge is 0.340 e. The third kappa shape index (κ3) is 3.84. The normalized spacial score (nSPS) is 22.9. The van der Waals surface area contributed by atoms with Crippen LogP contribution in [0, 0.1) is 5.92 Å². The Balaban J connectivity index is 1.70. The molecule has 2 aliphatic heterocycles. The summed E-state index contributed by atoms with van der Waals surface area (Å²) in [6.07, 6.45) is -3.63. The highest BCUT2D eigenvalue weighted by Crippen LogP contribution is 2.18. The number of carbonyl (C=O) groups excluding carboxylic acids is 1. The molecule has 1 N–H and O–H groups in total. The van der Waals surface area contributed by atoms with Crippen molar-refractivity contribution in [2.45, 2.75) is 12.6 Å². The monoisotopic (exact) mass is 265 g/mol. The number of amides is 1. The molecule has 2 heterocycles. The molecule has 104 valence electrons. The van der Waals surface area contributed by atoms with Crippen molar-refractivity contribution in [2.75, 3.05) is 45.8 Å². The fourth-order valence-corrected chi connectivity index (χ4v) is 2.28. The Kier molecular flexibility index (Phi) is 4.11. The Morgan fingerprint density at radius 1 is 1.17 bits per heavy atom. The summed E-state index contributed by atoms with van der Waals surface area (Å²) in [7, 11) is 0. The highest BCUT2D eigenvalue weighted by Gasteiger charge is 2.33. The van der Waals surface area contributed by atoms with Gasteiger partial charge in [-0.25, -0.2) is 0 Å². The quantitative estimate of drug-likeness (QED) is 0.797. The first-order valence-corrected chi connectivity index (χ1v) is 6.21. The van der Waals surface area contributed by atoms with E-state index in [1.54, 1.807) is 4.90 Å². The van der Waals surface area contributed by atoms with Crippen molar-refractivity contribution in [3.8, 4) is 0 Å². The molecule has 0 radical (unpaired) electrons. The van der Waals surface area contributed by atoms with Gasteiger partial charge in [-0.3, -0.25) is 9.69 Å². The second-order valence-electron chi connectivity index (χ2n) is 5.00. The molecule has 0 aromatic carbocycles. The van der Waals surface area contributed by atoms with Crippen LogP contribution >= 0.6 is 0 Å². The average Bonchev–Trinajstić information content (AvgIpc) is 2.22. The fraction of sp³-hybridized carbons (Fsp3) is 0.909. The molecule has 0 aromatic rings. The number of halogens is 3.